The van der Waals surface area contributed by atoms with Gasteiger partial charge in [-0.3, -0.25) is 4.90 Å². The molecule has 2 rings (SSSR count). The summed E-state index contributed by atoms with van der Waals surface area (Å²) in [6.07, 6.45) is 0. The maximum atomic E-state index is 5.78. The highest BCUT2D eigenvalue weighted by atomic mass is 32.2. The predicted molar refractivity (Wildman–Crippen MR) is 79.5 cm³/mol. The van der Waals surface area contributed by atoms with Gasteiger partial charge in [0, 0.05) is 24.7 Å². The Morgan fingerprint density at radius 3 is 2.50 bits per heavy atom. The van der Waals surface area contributed by atoms with Gasteiger partial charge in [-0.15, -0.1) is 11.8 Å². The zero-order valence-electron chi connectivity index (χ0n) is 11.6. The van der Waals surface area contributed by atoms with E-state index >= 15 is 0 Å². The van der Waals surface area contributed by atoms with Gasteiger partial charge in [-0.25, -0.2) is 0 Å². The minimum atomic E-state index is 0.214. The molecule has 1 saturated heterocycles. The molecule has 3 heteroatoms. The van der Waals surface area contributed by atoms with Crippen molar-refractivity contribution in [3.05, 3.63) is 29.8 Å². The molecule has 1 heterocycles. The number of rotatable bonds is 4. The molecule has 0 saturated carbocycles. The molecule has 0 atom stereocenters. The van der Waals surface area contributed by atoms with Gasteiger partial charge in [0.05, 0.1) is 0 Å². The summed E-state index contributed by atoms with van der Waals surface area (Å²) in [5.41, 5.74) is 1.57. The van der Waals surface area contributed by atoms with Crippen molar-refractivity contribution >= 4 is 11.8 Å². The highest BCUT2D eigenvalue weighted by molar-refractivity contribution is 7.99. The van der Waals surface area contributed by atoms with Gasteiger partial charge in [0.15, 0.2) is 0 Å². The van der Waals surface area contributed by atoms with Gasteiger partial charge >= 0.3 is 0 Å². The number of nitrogens with zero attached hydrogens (tertiary/aromatic N) is 1. The van der Waals surface area contributed by atoms with Crippen LogP contribution in [0.2, 0.25) is 0 Å². The van der Waals surface area contributed by atoms with Gasteiger partial charge in [0.2, 0.25) is 0 Å². The molecular weight excluding hydrogens is 242 g/mol. The van der Waals surface area contributed by atoms with E-state index in [-0.39, 0.29) is 5.41 Å². The van der Waals surface area contributed by atoms with Crippen LogP contribution in [0, 0.1) is 0 Å². The highest BCUT2D eigenvalue weighted by Crippen LogP contribution is 2.24. The summed E-state index contributed by atoms with van der Waals surface area (Å²) in [5.74, 6) is 3.40. The van der Waals surface area contributed by atoms with Gasteiger partial charge < -0.3 is 4.74 Å². The topological polar surface area (TPSA) is 12.5 Å². The molecule has 0 unspecified atom stereocenters. The Hall–Kier alpha value is -0.670. The van der Waals surface area contributed by atoms with Crippen molar-refractivity contribution in [1.82, 2.24) is 4.90 Å². The smallest absolute Gasteiger partial charge is 0.119 e. The van der Waals surface area contributed by atoms with E-state index in [9.17, 15) is 0 Å². The largest absolute Gasteiger partial charge is 0.492 e. The molecule has 1 aromatic rings. The number of ether oxygens (including phenoxy) is 1. The summed E-state index contributed by atoms with van der Waals surface area (Å²) in [5, 5.41) is 0. The minimum absolute atomic E-state index is 0.214. The number of benzene rings is 1. The van der Waals surface area contributed by atoms with Crippen molar-refractivity contribution in [2.24, 2.45) is 0 Å². The first-order chi connectivity index (χ1) is 8.55. The van der Waals surface area contributed by atoms with E-state index in [1.165, 1.54) is 17.9 Å². The van der Waals surface area contributed by atoms with Crippen LogP contribution < -0.4 is 4.74 Å². The second-order valence-electron chi connectivity index (χ2n) is 5.78. The summed E-state index contributed by atoms with van der Waals surface area (Å²) >= 11 is 2.00. The van der Waals surface area contributed by atoms with E-state index in [0.717, 1.165) is 24.8 Å². The molecule has 18 heavy (non-hydrogen) atoms. The molecule has 2 nitrogen and oxygen atoms in total. The molecule has 1 aromatic carbocycles. The molecule has 0 N–H and O–H groups in total. The van der Waals surface area contributed by atoms with Crippen molar-refractivity contribution in [1.29, 1.82) is 0 Å². The van der Waals surface area contributed by atoms with E-state index in [1.807, 2.05) is 11.8 Å². The lowest BCUT2D eigenvalue weighted by molar-refractivity contribution is 0.244. The lowest BCUT2D eigenvalue weighted by Gasteiger charge is -2.19. The second-order valence-corrected chi connectivity index (χ2v) is 6.85. The molecule has 0 bridgehead atoms. The van der Waals surface area contributed by atoms with Crippen LogP contribution in [0.4, 0.5) is 0 Å². The maximum Gasteiger partial charge on any atom is 0.119 e. The van der Waals surface area contributed by atoms with Crippen LogP contribution in [0.5, 0.6) is 5.75 Å². The molecule has 0 aliphatic carbocycles. The van der Waals surface area contributed by atoms with E-state index in [4.69, 9.17) is 4.74 Å². The molecular formula is C15H23NOS. The van der Waals surface area contributed by atoms with Crippen LogP contribution in [-0.2, 0) is 5.41 Å². The molecule has 0 radical (unpaired) electrons. The molecule has 100 valence electrons. The van der Waals surface area contributed by atoms with E-state index < -0.39 is 0 Å². The number of hydrogen-bond donors (Lipinski definition) is 0. The van der Waals surface area contributed by atoms with Crippen molar-refractivity contribution in [2.75, 3.05) is 31.3 Å². The Kier molecular flexibility index (Phi) is 4.57. The monoisotopic (exact) mass is 265 g/mol. The Bertz CT molecular complexity index is 363. The fraction of sp³-hybridized carbons (Fsp3) is 0.600. The lowest BCUT2D eigenvalue weighted by Crippen LogP contribution is -2.25. The quantitative estimate of drug-likeness (QED) is 0.828. The molecule has 0 spiro atoms. The van der Waals surface area contributed by atoms with Crippen LogP contribution in [0.1, 0.15) is 26.3 Å². The summed E-state index contributed by atoms with van der Waals surface area (Å²) in [4.78, 5) is 2.44. The zero-order chi connectivity index (χ0) is 13.0. The first kappa shape index (κ1) is 13.8. The van der Waals surface area contributed by atoms with Crippen molar-refractivity contribution in [3.8, 4) is 5.75 Å². The standard InChI is InChI=1S/C15H23NOS/c1-15(2,3)13-4-6-14(7-5-13)17-10-8-16-9-11-18-12-16/h4-7H,8-12H2,1-3H3. The maximum absolute atomic E-state index is 5.78. The Balaban J connectivity index is 1.79. The summed E-state index contributed by atoms with van der Waals surface area (Å²) in [6, 6.07) is 8.50. The average Bonchev–Trinajstić information content (AvgIpc) is 2.82. The van der Waals surface area contributed by atoms with E-state index in [0.29, 0.717) is 0 Å². The third kappa shape index (κ3) is 3.92. The van der Waals surface area contributed by atoms with Crippen molar-refractivity contribution in [2.45, 2.75) is 26.2 Å². The van der Waals surface area contributed by atoms with Gasteiger partial charge in [-0.1, -0.05) is 32.9 Å². The summed E-state index contributed by atoms with van der Waals surface area (Å²) < 4.78 is 5.78. The first-order valence-corrected chi connectivity index (χ1v) is 7.74. The minimum Gasteiger partial charge on any atom is -0.492 e. The first-order valence-electron chi connectivity index (χ1n) is 6.59. The van der Waals surface area contributed by atoms with E-state index in [2.05, 4.69) is 49.9 Å². The Morgan fingerprint density at radius 1 is 1.22 bits per heavy atom. The molecule has 0 aromatic heterocycles. The summed E-state index contributed by atoms with van der Waals surface area (Å²) in [6.45, 7) is 9.72. The molecule has 1 fully saturated rings. The number of hydrogen-bond acceptors (Lipinski definition) is 3. The van der Waals surface area contributed by atoms with Gasteiger partial charge in [0.25, 0.3) is 0 Å². The zero-order valence-corrected chi connectivity index (χ0v) is 12.4. The lowest BCUT2D eigenvalue weighted by atomic mass is 9.87. The fourth-order valence-corrected chi connectivity index (χ4v) is 3.00. The van der Waals surface area contributed by atoms with Gasteiger partial charge in [-0.2, -0.15) is 0 Å². The van der Waals surface area contributed by atoms with Crippen LogP contribution in [0.25, 0.3) is 0 Å². The number of thioether (sulfide) groups is 1. The van der Waals surface area contributed by atoms with Crippen LogP contribution in [-0.4, -0.2) is 36.2 Å². The molecule has 1 aliphatic rings. The van der Waals surface area contributed by atoms with Gasteiger partial charge in [-0.05, 0) is 23.1 Å². The Labute approximate surface area is 115 Å². The SMILES string of the molecule is CC(C)(C)c1ccc(OCCN2CCSC2)cc1. The highest BCUT2D eigenvalue weighted by Gasteiger charge is 2.13. The normalized spacial score (nSPS) is 17.1. The van der Waals surface area contributed by atoms with Crippen molar-refractivity contribution in [3.63, 3.8) is 0 Å². The summed E-state index contributed by atoms with van der Waals surface area (Å²) in [7, 11) is 0. The Morgan fingerprint density at radius 2 is 1.94 bits per heavy atom. The average molecular weight is 265 g/mol. The second kappa shape index (κ2) is 5.98. The molecule has 0 amide bonds. The van der Waals surface area contributed by atoms with Crippen LogP contribution >= 0.6 is 11.8 Å². The van der Waals surface area contributed by atoms with Crippen molar-refractivity contribution < 1.29 is 4.74 Å². The van der Waals surface area contributed by atoms with Gasteiger partial charge in [0.1, 0.15) is 12.4 Å². The third-order valence-corrected chi connectivity index (χ3v) is 4.24. The van der Waals surface area contributed by atoms with E-state index in [1.54, 1.807) is 0 Å². The van der Waals surface area contributed by atoms with Crippen LogP contribution in [0.15, 0.2) is 24.3 Å². The third-order valence-electron chi connectivity index (χ3n) is 3.22. The fourth-order valence-electron chi connectivity index (χ4n) is 1.97. The van der Waals surface area contributed by atoms with Crippen LogP contribution in [0.3, 0.4) is 0 Å². The predicted octanol–water partition coefficient (Wildman–Crippen LogP) is 3.37. The molecule has 1 aliphatic heterocycles.